The summed E-state index contributed by atoms with van der Waals surface area (Å²) in [4.78, 5) is 27.3. The maximum Gasteiger partial charge on any atom is 0.355 e. The highest BCUT2D eigenvalue weighted by Gasteiger charge is 2.37. The maximum absolute atomic E-state index is 12.4. The number of hydrogen-bond donors (Lipinski definition) is 3. The van der Waals surface area contributed by atoms with Crippen LogP contribution in [0.3, 0.4) is 0 Å². The van der Waals surface area contributed by atoms with Gasteiger partial charge in [-0.25, -0.2) is 9.78 Å². The van der Waals surface area contributed by atoms with E-state index in [2.05, 4.69) is 29.5 Å². The fraction of sp³-hybridized carbons (Fsp3) is 0.643. The Balaban J connectivity index is 2.02. The van der Waals surface area contributed by atoms with Crippen LogP contribution in [0.15, 0.2) is 5.38 Å². The summed E-state index contributed by atoms with van der Waals surface area (Å²) in [5.74, 6) is -1.11. The molecule has 2 atom stereocenters. The van der Waals surface area contributed by atoms with Gasteiger partial charge in [0.05, 0.1) is 12.1 Å². The number of carboxylic acids is 1. The van der Waals surface area contributed by atoms with Crippen molar-refractivity contribution < 1.29 is 14.7 Å². The predicted molar refractivity (Wildman–Crippen MR) is 80.4 cm³/mol. The monoisotopic (exact) mass is 311 g/mol. The van der Waals surface area contributed by atoms with Crippen LogP contribution in [-0.4, -0.2) is 34.6 Å². The number of amides is 1. The second-order valence-electron chi connectivity index (χ2n) is 6.09. The van der Waals surface area contributed by atoms with Gasteiger partial charge in [0.1, 0.15) is 5.01 Å². The van der Waals surface area contributed by atoms with Crippen LogP contribution in [0, 0.1) is 5.41 Å². The summed E-state index contributed by atoms with van der Waals surface area (Å²) in [6, 6.07) is -0.525. The summed E-state index contributed by atoms with van der Waals surface area (Å²) in [7, 11) is 0. The summed E-state index contributed by atoms with van der Waals surface area (Å²) >= 11 is 1.25. The molecule has 0 saturated carbocycles. The van der Waals surface area contributed by atoms with Crippen LogP contribution < -0.4 is 10.6 Å². The molecular weight excluding hydrogens is 290 g/mol. The van der Waals surface area contributed by atoms with Crippen molar-refractivity contribution in [2.24, 2.45) is 5.41 Å². The number of thiazole rings is 1. The maximum atomic E-state index is 12.4. The predicted octanol–water partition coefficient (Wildman–Crippen LogP) is 1.80. The van der Waals surface area contributed by atoms with Crippen LogP contribution in [0.5, 0.6) is 0 Å². The van der Waals surface area contributed by atoms with Gasteiger partial charge in [0, 0.05) is 5.38 Å². The van der Waals surface area contributed by atoms with Gasteiger partial charge in [-0.15, -0.1) is 11.3 Å². The van der Waals surface area contributed by atoms with Crippen LogP contribution in [0.1, 0.15) is 55.2 Å². The van der Waals surface area contributed by atoms with Gasteiger partial charge < -0.3 is 15.7 Å². The molecule has 1 fully saturated rings. The molecule has 1 amide bonds. The van der Waals surface area contributed by atoms with E-state index >= 15 is 0 Å². The molecule has 1 aliphatic heterocycles. The molecule has 0 bridgehead atoms. The third-order valence-electron chi connectivity index (χ3n) is 3.86. The van der Waals surface area contributed by atoms with E-state index in [9.17, 15) is 9.59 Å². The summed E-state index contributed by atoms with van der Waals surface area (Å²) in [6.07, 6.45) is 2.08. The molecule has 0 radical (unpaired) electrons. The molecule has 1 saturated heterocycles. The molecule has 1 aromatic heterocycles. The molecule has 116 valence electrons. The van der Waals surface area contributed by atoms with Crippen LogP contribution in [0.2, 0.25) is 0 Å². The lowest BCUT2D eigenvalue weighted by molar-refractivity contribution is -0.127. The minimum atomic E-state index is -1.05. The van der Waals surface area contributed by atoms with E-state index in [1.165, 1.54) is 16.7 Å². The zero-order chi connectivity index (χ0) is 15.6. The van der Waals surface area contributed by atoms with Gasteiger partial charge in [-0.1, -0.05) is 13.8 Å². The van der Waals surface area contributed by atoms with E-state index in [0.717, 1.165) is 19.4 Å². The van der Waals surface area contributed by atoms with Crippen molar-refractivity contribution in [1.29, 1.82) is 0 Å². The molecule has 0 aromatic carbocycles. The molecule has 1 aromatic rings. The van der Waals surface area contributed by atoms with E-state index < -0.39 is 5.97 Å². The highest BCUT2D eigenvalue weighted by atomic mass is 32.1. The Morgan fingerprint density at radius 3 is 2.86 bits per heavy atom. The Labute approximate surface area is 128 Å². The summed E-state index contributed by atoms with van der Waals surface area (Å²) < 4.78 is 0. The van der Waals surface area contributed by atoms with Crippen LogP contribution in [0.4, 0.5) is 0 Å². The first-order valence-electron chi connectivity index (χ1n) is 7.04. The molecule has 2 rings (SSSR count). The number of nitrogens with zero attached hydrogens (tertiary/aromatic N) is 1. The minimum Gasteiger partial charge on any atom is -0.476 e. The Morgan fingerprint density at radius 2 is 2.29 bits per heavy atom. The highest BCUT2D eigenvalue weighted by molar-refractivity contribution is 7.09. The quantitative estimate of drug-likeness (QED) is 0.788. The van der Waals surface area contributed by atoms with Gasteiger partial charge in [-0.05, 0) is 31.7 Å². The van der Waals surface area contributed by atoms with Crippen molar-refractivity contribution in [3.05, 3.63) is 16.1 Å². The molecule has 2 heterocycles. The van der Waals surface area contributed by atoms with Gasteiger partial charge >= 0.3 is 5.97 Å². The Hall–Kier alpha value is -1.47. The lowest BCUT2D eigenvalue weighted by Crippen LogP contribution is -2.55. The highest BCUT2D eigenvalue weighted by Crippen LogP contribution is 2.30. The van der Waals surface area contributed by atoms with E-state index in [1.807, 2.05) is 6.92 Å². The number of carboxylic acid groups (broad SMARTS) is 1. The van der Waals surface area contributed by atoms with Crippen LogP contribution in [0.25, 0.3) is 0 Å². The number of hydrogen-bond acceptors (Lipinski definition) is 5. The SMILES string of the molecule is CC(NC(=O)C1NCCCC1(C)C)c1nc(C(=O)O)cs1. The average molecular weight is 311 g/mol. The molecule has 0 aliphatic carbocycles. The summed E-state index contributed by atoms with van der Waals surface area (Å²) in [6.45, 7) is 6.83. The molecule has 3 N–H and O–H groups in total. The van der Waals surface area contributed by atoms with Gasteiger partial charge in [-0.2, -0.15) is 0 Å². The Kier molecular flexibility index (Phi) is 4.63. The molecule has 7 heteroatoms. The van der Waals surface area contributed by atoms with Crippen molar-refractivity contribution >= 4 is 23.2 Å². The number of piperidine rings is 1. The van der Waals surface area contributed by atoms with Crippen molar-refractivity contribution in [1.82, 2.24) is 15.6 Å². The third-order valence-corrected chi connectivity index (χ3v) is 4.89. The molecule has 0 spiro atoms. The van der Waals surface area contributed by atoms with E-state index in [1.54, 1.807) is 0 Å². The van der Waals surface area contributed by atoms with Crippen LogP contribution in [-0.2, 0) is 4.79 Å². The van der Waals surface area contributed by atoms with Crippen LogP contribution >= 0.6 is 11.3 Å². The van der Waals surface area contributed by atoms with Crippen molar-refractivity contribution in [2.45, 2.75) is 45.7 Å². The van der Waals surface area contributed by atoms with Gasteiger partial charge in [-0.3, -0.25) is 4.79 Å². The molecule has 2 unspecified atom stereocenters. The first kappa shape index (κ1) is 15.9. The lowest BCUT2D eigenvalue weighted by atomic mass is 9.77. The van der Waals surface area contributed by atoms with Gasteiger partial charge in [0.15, 0.2) is 5.69 Å². The molecule has 1 aliphatic rings. The van der Waals surface area contributed by atoms with Gasteiger partial charge in [0.25, 0.3) is 0 Å². The second kappa shape index (κ2) is 6.11. The Bertz CT molecular complexity index is 541. The van der Waals surface area contributed by atoms with E-state index in [0.29, 0.717) is 5.01 Å². The average Bonchev–Trinajstić information content (AvgIpc) is 2.87. The fourth-order valence-corrected chi connectivity index (χ4v) is 3.40. The summed E-state index contributed by atoms with van der Waals surface area (Å²) in [5.41, 5.74) is -0.0656. The Morgan fingerprint density at radius 1 is 1.57 bits per heavy atom. The van der Waals surface area contributed by atoms with Crippen molar-refractivity contribution in [3.63, 3.8) is 0 Å². The normalized spacial score (nSPS) is 22.5. The zero-order valence-corrected chi connectivity index (χ0v) is 13.3. The number of nitrogens with one attached hydrogen (secondary N) is 2. The topological polar surface area (TPSA) is 91.3 Å². The zero-order valence-electron chi connectivity index (χ0n) is 12.5. The van der Waals surface area contributed by atoms with Crippen molar-refractivity contribution in [2.75, 3.05) is 6.54 Å². The number of carbonyl (C=O) groups is 2. The number of carbonyl (C=O) groups excluding carboxylic acids is 1. The number of aromatic nitrogens is 1. The second-order valence-corrected chi connectivity index (χ2v) is 6.98. The minimum absolute atomic E-state index is 0.0206. The van der Waals surface area contributed by atoms with Crippen molar-refractivity contribution in [3.8, 4) is 0 Å². The molecular formula is C14H21N3O3S. The largest absolute Gasteiger partial charge is 0.476 e. The lowest BCUT2D eigenvalue weighted by Gasteiger charge is -2.38. The number of rotatable bonds is 4. The standard InChI is InChI=1S/C14H21N3O3S/c1-8(12-17-9(7-21-12)13(19)20)16-11(18)10-14(2,3)5-4-6-15-10/h7-8,10,15H,4-6H2,1-3H3,(H,16,18)(H,19,20). The first-order chi connectivity index (χ1) is 9.81. The van der Waals surface area contributed by atoms with Gasteiger partial charge in [0.2, 0.25) is 5.91 Å². The molecule has 21 heavy (non-hydrogen) atoms. The first-order valence-corrected chi connectivity index (χ1v) is 7.92. The fourth-order valence-electron chi connectivity index (χ4n) is 2.60. The third kappa shape index (κ3) is 3.59. The van der Waals surface area contributed by atoms with E-state index in [-0.39, 0.29) is 29.1 Å². The summed E-state index contributed by atoms with van der Waals surface area (Å²) in [5, 5.41) is 17.2. The molecule has 6 nitrogen and oxygen atoms in total. The smallest absolute Gasteiger partial charge is 0.355 e. The van der Waals surface area contributed by atoms with E-state index in [4.69, 9.17) is 5.11 Å². The number of aromatic carboxylic acids is 1.